The summed E-state index contributed by atoms with van der Waals surface area (Å²) in [4.78, 5) is 4.12. The average Bonchev–Trinajstić information content (AvgIpc) is 2.87. The molecule has 0 N–H and O–H groups in total. The number of aromatic nitrogens is 2. The predicted octanol–water partition coefficient (Wildman–Crippen LogP) is 3.91. The zero-order valence-corrected chi connectivity index (χ0v) is 11.4. The maximum absolute atomic E-state index is 14.2. The van der Waals surface area contributed by atoms with Crippen molar-refractivity contribution in [2.24, 2.45) is 0 Å². The quantitative estimate of drug-likeness (QED) is 0.673. The maximum atomic E-state index is 14.2. The number of imidazole rings is 1. The fourth-order valence-electron chi connectivity index (χ4n) is 2.23. The summed E-state index contributed by atoms with van der Waals surface area (Å²) in [5.74, 6) is -0.746. The van der Waals surface area contributed by atoms with Gasteiger partial charge in [-0.2, -0.15) is 5.26 Å². The summed E-state index contributed by atoms with van der Waals surface area (Å²) in [6.07, 6.45) is 0. The minimum atomic E-state index is -0.594. The maximum Gasteiger partial charge on any atom is 0.151 e. The van der Waals surface area contributed by atoms with Crippen LogP contribution in [0.3, 0.4) is 0 Å². The molecule has 0 bridgehead atoms. The second-order valence-electron chi connectivity index (χ2n) is 4.38. The molecule has 0 saturated heterocycles. The zero-order chi connectivity index (χ0) is 15.0. The standard InChI is InChI=1S/C15H8ClF2N3/c16-7-14-20-15-10(17)2-1-3-13(15)21(14)12-5-4-9(8-19)6-11(12)18/h1-6H,7H2. The topological polar surface area (TPSA) is 41.6 Å². The molecule has 3 nitrogen and oxygen atoms in total. The van der Waals surface area contributed by atoms with E-state index in [1.807, 2.05) is 6.07 Å². The molecule has 3 aromatic rings. The first-order valence-electron chi connectivity index (χ1n) is 6.07. The summed E-state index contributed by atoms with van der Waals surface area (Å²) in [5.41, 5.74) is 0.947. The van der Waals surface area contributed by atoms with Gasteiger partial charge in [-0.25, -0.2) is 13.8 Å². The smallest absolute Gasteiger partial charge is 0.151 e. The van der Waals surface area contributed by atoms with E-state index >= 15 is 0 Å². The van der Waals surface area contributed by atoms with E-state index in [-0.39, 0.29) is 22.6 Å². The molecule has 0 aliphatic carbocycles. The molecular formula is C15H8ClF2N3. The molecule has 0 aliphatic rings. The Kier molecular flexibility index (Phi) is 3.32. The van der Waals surface area contributed by atoms with Crippen molar-refractivity contribution in [3.05, 3.63) is 59.4 Å². The minimum Gasteiger partial charge on any atom is -0.292 e. The highest BCUT2D eigenvalue weighted by Crippen LogP contribution is 2.26. The third-order valence-electron chi connectivity index (χ3n) is 3.14. The largest absolute Gasteiger partial charge is 0.292 e. The van der Waals surface area contributed by atoms with Crippen molar-refractivity contribution in [3.8, 4) is 11.8 Å². The van der Waals surface area contributed by atoms with Gasteiger partial charge in [0.25, 0.3) is 0 Å². The first kappa shape index (κ1) is 13.5. The Balaban J connectivity index is 2.34. The van der Waals surface area contributed by atoms with Gasteiger partial charge in [0.15, 0.2) is 5.82 Å². The molecule has 2 aromatic carbocycles. The SMILES string of the molecule is N#Cc1ccc(-n2c(CCl)nc3c(F)cccc32)c(F)c1. The fourth-order valence-corrected chi connectivity index (χ4v) is 2.41. The number of hydrogen-bond acceptors (Lipinski definition) is 2. The fraction of sp³-hybridized carbons (Fsp3) is 0.0667. The van der Waals surface area contributed by atoms with E-state index < -0.39 is 11.6 Å². The van der Waals surface area contributed by atoms with Crippen molar-refractivity contribution in [1.82, 2.24) is 9.55 Å². The van der Waals surface area contributed by atoms with Crippen molar-refractivity contribution in [2.75, 3.05) is 0 Å². The molecule has 0 radical (unpaired) electrons. The molecule has 0 amide bonds. The molecule has 3 rings (SSSR count). The van der Waals surface area contributed by atoms with Crippen molar-refractivity contribution in [3.63, 3.8) is 0 Å². The second-order valence-corrected chi connectivity index (χ2v) is 4.65. The molecular weight excluding hydrogens is 296 g/mol. The van der Waals surface area contributed by atoms with E-state index in [1.165, 1.54) is 28.8 Å². The Morgan fingerprint density at radius 2 is 2.00 bits per heavy atom. The highest BCUT2D eigenvalue weighted by Gasteiger charge is 2.17. The van der Waals surface area contributed by atoms with Gasteiger partial charge < -0.3 is 0 Å². The minimum absolute atomic E-state index is 0.00750. The number of nitrogens with zero attached hydrogens (tertiary/aromatic N) is 3. The summed E-state index contributed by atoms with van der Waals surface area (Å²) in [6, 6.07) is 10.4. The van der Waals surface area contributed by atoms with Crippen molar-refractivity contribution in [2.45, 2.75) is 5.88 Å². The molecule has 0 saturated carbocycles. The van der Waals surface area contributed by atoms with Crippen LogP contribution in [0.5, 0.6) is 0 Å². The lowest BCUT2D eigenvalue weighted by Gasteiger charge is -2.09. The van der Waals surface area contributed by atoms with E-state index in [2.05, 4.69) is 4.98 Å². The lowest BCUT2D eigenvalue weighted by Crippen LogP contribution is -2.02. The van der Waals surface area contributed by atoms with Gasteiger partial charge in [0, 0.05) is 0 Å². The van der Waals surface area contributed by atoms with Crippen LogP contribution in [0.4, 0.5) is 8.78 Å². The van der Waals surface area contributed by atoms with Gasteiger partial charge in [-0.1, -0.05) is 6.07 Å². The molecule has 0 aliphatic heterocycles. The number of rotatable bonds is 2. The van der Waals surface area contributed by atoms with Gasteiger partial charge >= 0.3 is 0 Å². The number of alkyl halides is 1. The lowest BCUT2D eigenvalue weighted by molar-refractivity contribution is 0.617. The molecule has 0 unspecified atom stereocenters. The lowest BCUT2D eigenvalue weighted by atomic mass is 10.2. The molecule has 0 spiro atoms. The van der Waals surface area contributed by atoms with Gasteiger partial charge in [-0.3, -0.25) is 4.57 Å². The Bertz CT molecular complexity index is 880. The number of para-hydroxylation sites is 1. The van der Waals surface area contributed by atoms with E-state index in [0.29, 0.717) is 11.3 Å². The molecule has 0 fully saturated rings. The molecule has 6 heteroatoms. The number of halogens is 3. The number of hydrogen-bond donors (Lipinski definition) is 0. The van der Waals surface area contributed by atoms with Crippen LogP contribution < -0.4 is 0 Å². The third kappa shape index (κ3) is 2.14. The summed E-state index contributed by atoms with van der Waals surface area (Å²) in [5, 5.41) is 8.79. The normalized spacial score (nSPS) is 10.8. The van der Waals surface area contributed by atoms with Crippen molar-refractivity contribution >= 4 is 22.6 Å². The van der Waals surface area contributed by atoms with Crippen LogP contribution in [0, 0.1) is 23.0 Å². The zero-order valence-electron chi connectivity index (χ0n) is 10.6. The van der Waals surface area contributed by atoms with E-state index in [0.717, 1.165) is 6.07 Å². The third-order valence-corrected chi connectivity index (χ3v) is 3.38. The Morgan fingerprint density at radius 3 is 2.67 bits per heavy atom. The molecule has 1 heterocycles. The average molecular weight is 304 g/mol. The van der Waals surface area contributed by atoms with E-state index in [4.69, 9.17) is 16.9 Å². The molecule has 21 heavy (non-hydrogen) atoms. The van der Waals surface area contributed by atoms with Gasteiger partial charge in [0.2, 0.25) is 0 Å². The summed E-state index contributed by atoms with van der Waals surface area (Å²) in [7, 11) is 0. The number of fused-ring (bicyclic) bond motifs is 1. The van der Waals surface area contributed by atoms with Gasteiger partial charge in [-0.15, -0.1) is 11.6 Å². The molecule has 0 atom stereocenters. The Hall–Kier alpha value is -2.45. The van der Waals surface area contributed by atoms with Crippen LogP contribution in [-0.2, 0) is 5.88 Å². The van der Waals surface area contributed by atoms with Crippen LogP contribution in [-0.4, -0.2) is 9.55 Å². The van der Waals surface area contributed by atoms with Crippen LogP contribution >= 0.6 is 11.6 Å². The van der Waals surface area contributed by atoms with Crippen molar-refractivity contribution in [1.29, 1.82) is 5.26 Å². The van der Waals surface area contributed by atoms with Crippen LogP contribution in [0.15, 0.2) is 36.4 Å². The van der Waals surface area contributed by atoms with Gasteiger partial charge in [0.05, 0.1) is 28.7 Å². The summed E-state index contributed by atoms with van der Waals surface area (Å²) < 4.78 is 29.5. The van der Waals surface area contributed by atoms with Gasteiger partial charge in [0.1, 0.15) is 17.2 Å². The first-order chi connectivity index (χ1) is 10.2. The first-order valence-corrected chi connectivity index (χ1v) is 6.61. The Morgan fingerprint density at radius 1 is 1.19 bits per heavy atom. The Labute approximate surface area is 124 Å². The van der Waals surface area contributed by atoms with Crippen LogP contribution in [0.25, 0.3) is 16.7 Å². The van der Waals surface area contributed by atoms with Crippen molar-refractivity contribution < 1.29 is 8.78 Å². The monoisotopic (exact) mass is 303 g/mol. The summed E-state index contributed by atoms with van der Waals surface area (Å²) in [6.45, 7) is 0. The van der Waals surface area contributed by atoms with Crippen LogP contribution in [0.1, 0.15) is 11.4 Å². The predicted molar refractivity (Wildman–Crippen MR) is 75.3 cm³/mol. The van der Waals surface area contributed by atoms with Gasteiger partial charge in [-0.05, 0) is 30.3 Å². The highest BCUT2D eigenvalue weighted by atomic mass is 35.5. The number of nitriles is 1. The van der Waals surface area contributed by atoms with E-state index in [1.54, 1.807) is 6.07 Å². The summed E-state index contributed by atoms with van der Waals surface area (Å²) >= 11 is 5.84. The second kappa shape index (κ2) is 5.15. The van der Waals surface area contributed by atoms with Crippen LogP contribution in [0.2, 0.25) is 0 Å². The molecule has 1 aromatic heterocycles. The number of benzene rings is 2. The highest BCUT2D eigenvalue weighted by molar-refractivity contribution is 6.17. The molecule has 104 valence electrons. The van der Waals surface area contributed by atoms with E-state index in [9.17, 15) is 8.78 Å².